The third kappa shape index (κ3) is 7.08. The van der Waals surface area contributed by atoms with Crippen molar-refractivity contribution in [2.75, 3.05) is 7.05 Å². The second-order valence-electron chi connectivity index (χ2n) is 8.16. The second-order valence-corrected chi connectivity index (χ2v) is 8.16. The summed E-state index contributed by atoms with van der Waals surface area (Å²) in [6.45, 7) is 12.9. The van der Waals surface area contributed by atoms with Gasteiger partial charge < -0.3 is 5.32 Å². The number of para-hydroxylation sites is 1. The summed E-state index contributed by atoms with van der Waals surface area (Å²) >= 11 is 0. The monoisotopic (exact) mass is 406 g/mol. The number of rotatable bonds is 11. The average molecular weight is 407 g/mol. The molecule has 0 saturated carbocycles. The van der Waals surface area contributed by atoms with Crippen molar-refractivity contribution < 1.29 is 0 Å². The Kier molecular flexibility index (Phi) is 9.72. The first kappa shape index (κ1) is 23.8. The first-order valence-corrected chi connectivity index (χ1v) is 11.3. The molecule has 0 spiro atoms. The van der Waals surface area contributed by atoms with Gasteiger partial charge in [0, 0.05) is 30.6 Å². The standard InChI is InChI=1S/C26H38N4/c1-7-11-22(12-8-2)17-25-23(18-27-6)21(5)29-26(30-25)16-15-20(4)28-24-14-10-9-13-19(24)3/h9-10,13-14,18,22,27H,5,7-8,11-12,15-17H2,1-4,6H3. The fourth-order valence-corrected chi connectivity index (χ4v) is 3.88. The summed E-state index contributed by atoms with van der Waals surface area (Å²) in [7, 11) is 1.91. The zero-order valence-corrected chi connectivity index (χ0v) is 19.5. The molecule has 0 atom stereocenters. The van der Waals surface area contributed by atoms with Crippen LogP contribution in [0.1, 0.15) is 70.0 Å². The number of hydrogen-bond acceptors (Lipinski definition) is 4. The quantitative estimate of drug-likeness (QED) is 0.553. The minimum absolute atomic E-state index is 0.663. The van der Waals surface area contributed by atoms with Gasteiger partial charge in [-0.15, -0.1) is 0 Å². The molecule has 0 saturated heterocycles. The topological polar surface area (TPSA) is 50.2 Å². The van der Waals surface area contributed by atoms with E-state index in [4.69, 9.17) is 15.0 Å². The lowest BCUT2D eigenvalue weighted by molar-refractivity contribution is 0.432. The van der Waals surface area contributed by atoms with Crippen LogP contribution < -0.4 is 15.9 Å². The van der Waals surface area contributed by atoms with Crippen molar-refractivity contribution in [3.05, 3.63) is 51.9 Å². The van der Waals surface area contributed by atoms with Gasteiger partial charge in [0.2, 0.25) is 0 Å². The van der Waals surface area contributed by atoms with Crippen LogP contribution in [0, 0.1) is 12.8 Å². The van der Waals surface area contributed by atoms with Crippen molar-refractivity contribution in [3.63, 3.8) is 0 Å². The molecule has 0 aliphatic heterocycles. The van der Waals surface area contributed by atoms with E-state index in [1.165, 1.54) is 31.2 Å². The molecule has 0 fully saturated rings. The number of nitrogens with zero attached hydrogens (tertiary/aromatic N) is 3. The van der Waals surface area contributed by atoms with Gasteiger partial charge in [0.1, 0.15) is 5.82 Å². The van der Waals surface area contributed by atoms with Crippen molar-refractivity contribution in [2.24, 2.45) is 10.9 Å². The number of nitrogens with one attached hydrogen (secondary N) is 1. The lowest BCUT2D eigenvalue weighted by atomic mass is 9.92. The maximum atomic E-state index is 4.98. The van der Waals surface area contributed by atoms with Gasteiger partial charge >= 0.3 is 0 Å². The molecule has 0 radical (unpaired) electrons. The van der Waals surface area contributed by atoms with Crippen LogP contribution in [-0.4, -0.2) is 22.7 Å². The maximum Gasteiger partial charge on any atom is 0.129 e. The van der Waals surface area contributed by atoms with E-state index in [1.54, 1.807) is 0 Å². The molecule has 162 valence electrons. The SMILES string of the molecule is C=c1nc(CCC(C)=Nc2ccccc2C)nc(CC(CCC)CCC)c1=CNC. The molecule has 2 aromatic rings. The number of benzene rings is 1. The Balaban J connectivity index is 2.24. The third-order valence-electron chi connectivity index (χ3n) is 5.45. The number of hydrogen-bond donors (Lipinski definition) is 1. The van der Waals surface area contributed by atoms with Crippen LogP contribution in [0.25, 0.3) is 12.8 Å². The normalized spacial score (nSPS) is 12.6. The van der Waals surface area contributed by atoms with E-state index in [-0.39, 0.29) is 0 Å². The second kappa shape index (κ2) is 12.3. The van der Waals surface area contributed by atoms with E-state index >= 15 is 0 Å². The first-order chi connectivity index (χ1) is 14.5. The van der Waals surface area contributed by atoms with E-state index in [9.17, 15) is 0 Å². The Labute approximate surface area is 182 Å². The Morgan fingerprint density at radius 1 is 1.17 bits per heavy atom. The van der Waals surface area contributed by atoms with Gasteiger partial charge in [0.15, 0.2) is 0 Å². The minimum Gasteiger partial charge on any atom is -0.393 e. The van der Waals surface area contributed by atoms with Crippen molar-refractivity contribution in [2.45, 2.75) is 72.6 Å². The van der Waals surface area contributed by atoms with Crippen molar-refractivity contribution in [1.29, 1.82) is 0 Å². The highest BCUT2D eigenvalue weighted by atomic mass is 14.9. The molecule has 0 unspecified atom stereocenters. The predicted molar refractivity (Wildman–Crippen MR) is 130 cm³/mol. The summed E-state index contributed by atoms with van der Waals surface area (Å²) in [6, 6.07) is 8.23. The third-order valence-corrected chi connectivity index (χ3v) is 5.45. The van der Waals surface area contributed by atoms with Gasteiger partial charge in [-0.1, -0.05) is 64.3 Å². The highest BCUT2D eigenvalue weighted by Crippen LogP contribution is 2.19. The van der Waals surface area contributed by atoms with Crippen LogP contribution in [0.2, 0.25) is 0 Å². The van der Waals surface area contributed by atoms with Gasteiger partial charge in [0.05, 0.1) is 16.7 Å². The summed E-state index contributed by atoms with van der Waals surface area (Å²) in [4.78, 5) is 14.5. The molecular formula is C26H38N4. The van der Waals surface area contributed by atoms with E-state index in [1.807, 2.05) is 25.4 Å². The van der Waals surface area contributed by atoms with Crippen molar-refractivity contribution in [3.8, 4) is 0 Å². The van der Waals surface area contributed by atoms with Crippen molar-refractivity contribution in [1.82, 2.24) is 15.3 Å². The number of aryl methyl sites for hydroxylation is 2. The molecule has 0 amide bonds. The average Bonchev–Trinajstić information content (AvgIpc) is 2.71. The highest BCUT2D eigenvalue weighted by Gasteiger charge is 2.12. The summed E-state index contributed by atoms with van der Waals surface area (Å²) < 4.78 is 0. The van der Waals surface area contributed by atoms with E-state index in [2.05, 4.69) is 51.7 Å². The molecule has 0 aliphatic carbocycles. The van der Waals surface area contributed by atoms with Crippen LogP contribution >= 0.6 is 0 Å². The van der Waals surface area contributed by atoms with E-state index < -0.39 is 0 Å². The van der Waals surface area contributed by atoms with E-state index in [0.717, 1.165) is 52.7 Å². The fraction of sp³-hybridized carbons (Fsp3) is 0.500. The zero-order chi connectivity index (χ0) is 21.9. The molecule has 1 heterocycles. The highest BCUT2D eigenvalue weighted by molar-refractivity contribution is 5.85. The molecular weight excluding hydrogens is 368 g/mol. The lowest BCUT2D eigenvalue weighted by Crippen LogP contribution is -2.36. The van der Waals surface area contributed by atoms with Crippen LogP contribution in [0.4, 0.5) is 5.69 Å². The summed E-state index contributed by atoms with van der Waals surface area (Å²) in [6.07, 6.45) is 9.49. The smallest absolute Gasteiger partial charge is 0.129 e. The van der Waals surface area contributed by atoms with Gasteiger partial charge in [-0.25, -0.2) is 9.97 Å². The molecule has 1 aromatic heterocycles. The molecule has 4 nitrogen and oxygen atoms in total. The largest absolute Gasteiger partial charge is 0.393 e. The minimum atomic E-state index is 0.663. The summed E-state index contributed by atoms with van der Waals surface area (Å²) in [5.74, 6) is 1.53. The van der Waals surface area contributed by atoms with Crippen LogP contribution in [0.5, 0.6) is 0 Å². The Hall–Kier alpha value is -2.49. The molecule has 30 heavy (non-hydrogen) atoms. The molecule has 0 bridgehead atoms. The van der Waals surface area contributed by atoms with E-state index in [0.29, 0.717) is 5.92 Å². The molecule has 1 aromatic carbocycles. The van der Waals surface area contributed by atoms with Crippen LogP contribution in [0.15, 0.2) is 29.3 Å². The Morgan fingerprint density at radius 2 is 1.87 bits per heavy atom. The van der Waals surface area contributed by atoms with Gasteiger partial charge in [-0.05, 0) is 44.2 Å². The Morgan fingerprint density at radius 3 is 2.50 bits per heavy atom. The van der Waals surface area contributed by atoms with Gasteiger partial charge in [-0.3, -0.25) is 4.99 Å². The van der Waals surface area contributed by atoms with Crippen LogP contribution in [-0.2, 0) is 12.8 Å². The molecule has 2 rings (SSSR count). The molecule has 1 N–H and O–H groups in total. The zero-order valence-electron chi connectivity index (χ0n) is 19.5. The summed E-state index contributed by atoms with van der Waals surface area (Å²) in [5.41, 5.74) is 4.45. The number of aliphatic imine (C=N–C) groups is 1. The predicted octanol–water partition coefficient (Wildman–Crippen LogP) is 4.64. The molecule has 0 aliphatic rings. The summed E-state index contributed by atoms with van der Waals surface area (Å²) in [5, 5.41) is 5.00. The van der Waals surface area contributed by atoms with Gasteiger partial charge in [-0.2, -0.15) is 0 Å². The number of aromatic nitrogens is 2. The Bertz CT molecular complexity index is 940. The first-order valence-electron chi connectivity index (χ1n) is 11.3. The van der Waals surface area contributed by atoms with Crippen molar-refractivity contribution >= 4 is 24.2 Å². The van der Waals surface area contributed by atoms with Crippen LogP contribution in [0.3, 0.4) is 0 Å². The van der Waals surface area contributed by atoms with Gasteiger partial charge in [0.25, 0.3) is 0 Å². The fourth-order valence-electron chi connectivity index (χ4n) is 3.88. The maximum absolute atomic E-state index is 4.98. The lowest BCUT2D eigenvalue weighted by Gasteiger charge is -2.16. The molecule has 4 heteroatoms.